The molecule has 0 saturated carbocycles. The lowest BCUT2D eigenvalue weighted by molar-refractivity contribution is 0.414. The second kappa shape index (κ2) is 8.22. The van der Waals surface area contributed by atoms with Crippen LogP contribution in [0.4, 0.5) is 17.1 Å². The number of fused-ring (bicyclic) bond motifs is 3. The molecule has 0 amide bonds. The Hall–Kier alpha value is -2.90. The zero-order chi connectivity index (χ0) is 22.3. The smallest absolute Gasteiger partial charge is 0.262 e. The van der Waals surface area contributed by atoms with Crippen LogP contribution in [0.15, 0.2) is 71.6 Å². The van der Waals surface area contributed by atoms with Crippen LogP contribution >= 0.6 is 11.6 Å². The summed E-state index contributed by atoms with van der Waals surface area (Å²) in [6, 6.07) is 20.2. The first-order chi connectivity index (χ1) is 15.5. The number of nitrogens with one attached hydrogen (secondary N) is 1. The number of hydrogen-bond acceptors (Lipinski definition) is 5. The van der Waals surface area contributed by atoms with Crippen LogP contribution in [0, 0.1) is 0 Å². The molecule has 0 radical (unpaired) electrons. The summed E-state index contributed by atoms with van der Waals surface area (Å²) >= 11 is 6.16. The lowest BCUT2D eigenvalue weighted by Gasteiger charge is -2.27. The summed E-state index contributed by atoms with van der Waals surface area (Å²) in [6.07, 6.45) is 2.41. The fourth-order valence-corrected chi connectivity index (χ4v) is 5.86. The Labute approximate surface area is 193 Å². The first kappa shape index (κ1) is 21.0. The molecular weight excluding hydrogens is 446 g/mol. The van der Waals surface area contributed by atoms with Gasteiger partial charge in [-0.05, 0) is 60.9 Å². The molecule has 6 nitrogen and oxygen atoms in total. The van der Waals surface area contributed by atoms with Gasteiger partial charge in [-0.2, -0.15) is 0 Å². The molecule has 8 heteroatoms. The van der Waals surface area contributed by atoms with E-state index in [0.717, 1.165) is 42.1 Å². The molecule has 1 N–H and O–H groups in total. The van der Waals surface area contributed by atoms with Gasteiger partial charge in [-0.25, -0.2) is 8.42 Å². The highest BCUT2D eigenvalue weighted by atomic mass is 35.5. The average Bonchev–Trinajstić information content (AvgIpc) is 3.38. The minimum absolute atomic E-state index is 0.220. The highest BCUT2D eigenvalue weighted by molar-refractivity contribution is 7.92. The van der Waals surface area contributed by atoms with E-state index in [1.165, 1.54) is 0 Å². The van der Waals surface area contributed by atoms with Gasteiger partial charge in [-0.1, -0.05) is 35.9 Å². The third-order valence-corrected chi connectivity index (χ3v) is 7.78. The fraction of sp³-hybridized carbons (Fsp3) is 0.250. The van der Waals surface area contributed by atoms with Crippen LogP contribution < -0.4 is 19.3 Å². The van der Waals surface area contributed by atoms with Crippen molar-refractivity contribution in [2.24, 2.45) is 0 Å². The Bertz CT molecular complexity index is 1250. The second-order valence-electron chi connectivity index (χ2n) is 8.03. The molecule has 2 heterocycles. The van der Waals surface area contributed by atoms with E-state index in [2.05, 4.69) is 26.7 Å². The number of sulfonamides is 1. The van der Waals surface area contributed by atoms with Crippen LogP contribution in [-0.4, -0.2) is 28.2 Å². The van der Waals surface area contributed by atoms with Crippen molar-refractivity contribution in [2.45, 2.75) is 30.4 Å². The molecular formula is C24H24ClN3O3S. The van der Waals surface area contributed by atoms with Crippen LogP contribution in [0.2, 0.25) is 5.02 Å². The maximum atomic E-state index is 13.1. The molecule has 1 saturated heterocycles. The van der Waals surface area contributed by atoms with Gasteiger partial charge in [0.05, 0.1) is 34.1 Å². The van der Waals surface area contributed by atoms with Gasteiger partial charge in [0.1, 0.15) is 11.9 Å². The molecule has 0 aliphatic carbocycles. The number of halogens is 1. The van der Waals surface area contributed by atoms with Crippen LogP contribution in [0.1, 0.15) is 18.4 Å². The number of hydrogen-bond donors (Lipinski definition) is 1. The van der Waals surface area contributed by atoms with Crippen molar-refractivity contribution < 1.29 is 13.2 Å². The molecule has 0 spiro atoms. The van der Waals surface area contributed by atoms with Crippen LogP contribution in [-0.2, 0) is 16.6 Å². The zero-order valence-corrected chi connectivity index (χ0v) is 19.2. The number of para-hydroxylation sites is 1. The fourth-order valence-electron chi connectivity index (χ4n) is 4.52. The Morgan fingerprint density at radius 2 is 1.84 bits per heavy atom. The summed E-state index contributed by atoms with van der Waals surface area (Å²) in [4.78, 5) is 4.90. The van der Waals surface area contributed by atoms with E-state index in [9.17, 15) is 8.42 Å². The number of anilines is 3. The molecule has 0 bridgehead atoms. The third kappa shape index (κ3) is 3.76. The van der Waals surface area contributed by atoms with E-state index in [1.54, 1.807) is 43.5 Å². The molecule has 1 atom stereocenters. The lowest BCUT2D eigenvalue weighted by Crippen LogP contribution is -2.38. The molecule has 2 aliphatic rings. The number of ether oxygens (including phenoxy) is 1. The van der Waals surface area contributed by atoms with Crippen molar-refractivity contribution >= 4 is 38.7 Å². The first-order valence-electron chi connectivity index (χ1n) is 10.5. The maximum Gasteiger partial charge on any atom is 0.262 e. The van der Waals surface area contributed by atoms with E-state index in [0.29, 0.717) is 17.3 Å². The summed E-state index contributed by atoms with van der Waals surface area (Å²) in [5.41, 5.74) is 3.53. The predicted molar refractivity (Wildman–Crippen MR) is 128 cm³/mol. The van der Waals surface area contributed by atoms with Crippen molar-refractivity contribution in [2.75, 3.05) is 28.2 Å². The quantitative estimate of drug-likeness (QED) is 0.544. The van der Waals surface area contributed by atoms with Gasteiger partial charge in [0, 0.05) is 13.1 Å². The largest absolute Gasteiger partial charge is 0.497 e. The van der Waals surface area contributed by atoms with Crippen molar-refractivity contribution in [1.82, 2.24) is 0 Å². The summed E-state index contributed by atoms with van der Waals surface area (Å²) in [5.74, 6) is 0.817. The molecule has 2 aliphatic heterocycles. The van der Waals surface area contributed by atoms with Gasteiger partial charge >= 0.3 is 0 Å². The summed E-state index contributed by atoms with van der Waals surface area (Å²) in [6.45, 7) is 1.67. The van der Waals surface area contributed by atoms with E-state index < -0.39 is 10.0 Å². The second-order valence-corrected chi connectivity index (χ2v) is 10.1. The van der Waals surface area contributed by atoms with Crippen molar-refractivity contribution in [3.63, 3.8) is 0 Å². The van der Waals surface area contributed by atoms with E-state index >= 15 is 0 Å². The minimum atomic E-state index is -3.78. The molecule has 32 heavy (non-hydrogen) atoms. The molecule has 0 aromatic heterocycles. The highest BCUT2D eigenvalue weighted by Gasteiger charge is 2.39. The van der Waals surface area contributed by atoms with Gasteiger partial charge in [0.25, 0.3) is 10.0 Å². The van der Waals surface area contributed by atoms with Crippen LogP contribution in [0.25, 0.3) is 0 Å². The summed E-state index contributed by atoms with van der Waals surface area (Å²) in [7, 11) is -2.13. The normalized spacial score (nSPS) is 17.2. The van der Waals surface area contributed by atoms with Crippen molar-refractivity contribution in [3.8, 4) is 5.75 Å². The number of benzene rings is 3. The lowest BCUT2D eigenvalue weighted by atomic mass is 10.1. The Balaban J connectivity index is 1.48. The van der Waals surface area contributed by atoms with Crippen molar-refractivity contribution in [3.05, 3.63) is 77.3 Å². The third-order valence-electron chi connectivity index (χ3n) is 6.09. The monoisotopic (exact) mass is 469 g/mol. The number of rotatable bonds is 6. The summed E-state index contributed by atoms with van der Waals surface area (Å²) in [5, 5.41) is 0.360. The zero-order valence-electron chi connectivity index (χ0n) is 17.7. The van der Waals surface area contributed by atoms with E-state index in [4.69, 9.17) is 16.3 Å². The average molecular weight is 470 g/mol. The highest BCUT2D eigenvalue weighted by Crippen LogP contribution is 2.45. The maximum absolute atomic E-state index is 13.1. The van der Waals surface area contributed by atoms with Crippen LogP contribution in [0.3, 0.4) is 0 Å². The molecule has 0 unspecified atom stereocenters. The Kier molecular flexibility index (Phi) is 5.39. The number of nitrogens with zero attached hydrogens (tertiary/aromatic N) is 2. The summed E-state index contributed by atoms with van der Waals surface area (Å²) < 4.78 is 34.1. The molecule has 3 aromatic carbocycles. The molecule has 166 valence electrons. The van der Waals surface area contributed by atoms with Gasteiger partial charge in [0.2, 0.25) is 0 Å². The van der Waals surface area contributed by atoms with Gasteiger partial charge in [-0.3, -0.25) is 4.72 Å². The standard InChI is InChI=1S/C24H24ClN3O3S/c1-31-18-10-8-17(9-11-18)16-28-23-15-19(12-13-22(23)27-14-4-7-24(27)28)32(29,30)26-21-6-3-2-5-20(21)25/h2-3,5-6,8-13,15,24,26H,4,7,14,16H2,1H3/t24-/m0/s1. The van der Waals surface area contributed by atoms with Crippen LogP contribution in [0.5, 0.6) is 5.75 Å². The van der Waals surface area contributed by atoms with E-state index in [1.807, 2.05) is 18.2 Å². The topological polar surface area (TPSA) is 61.9 Å². The molecule has 5 rings (SSSR count). The predicted octanol–water partition coefficient (Wildman–Crippen LogP) is 5.10. The van der Waals surface area contributed by atoms with Crippen molar-refractivity contribution in [1.29, 1.82) is 0 Å². The van der Waals surface area contributed by atoms with Gasteiger partial charge < -0.3 is 14.5 Å². The van der Waals surface area contributed by atoms with E-state index in [-0.39, 0.29) is 11.1 Å². The van der Waals surface area contributed by atoms with Gasteiger partial charge in [0.15, 0.2) is 0 Å². The molecule has 1 fully saturated rings. The Morgan fingerprint density at radius 1 is 1.06 bits per heavy atom. The minimum Gasteiger partial charge on any atom is -0.497 e. The molecule has 3 aromatic rings. The Morgan fingerprint density at radius 3 is 2.59 bits per heavy atom. The van der Waals surface area contributed by atoms with Gasteiger partial charge in [-0.15, -0.1) is 0 Å². The SMILES string of the molecule is COc1ccc(CN2c3cc(S(=O)(=O)Nc4ccccc4Cl)ccc3N3CCC[C@@H]32)cc1. The first-order valence-corrected chi connectivity index (χ1v) is 12.4. The number of methoxy groups -OCH3 is 1.